The van der Waals surface area contributed by atoms with Crippen LogP contribution in [0.25, 0.3) is 11.1 Å². The van der Waals surface area contributed by atoms with Crippen molar-refractivity contribution in [3.05, 3.63) is 78.0 Å². The fraction of sp³-hybridized carbons (Fsp3) is 0.296. The molecule has 0 radical (unpaired) electrons. The van der Waals surface area contributed by atoms with Crippen LogP contribution < -0.4 is 15.4 Å². The summed E-state index contributed by atoms with van der Waals surface area (Å²) in [4.78, 5) is 27.1. The van der Waals surface area contributed by atoms with Crippen molar-refractivity contribution in [2.75, 3.05) is 19.0 Å². The van der Waals surface area contributed by atoms with Gasteiger partial charge in [-0.25, -0.2) is 4.98 Å². The molecule has 178 valence electrons. The highest BCUT2D eigenvalue weighted by atomic mass is 16.5. The maximum absolute atomic E-state index is 12.1. The van der Waals surface area contributed by atoms with E-state index in [0.29, 0.717) is 17.3 Å². The standard InChI is InChI=1S/C27H31N3O4/c1-18(2)16-23(20-10-8-19(9-11-20)22-6-4-5-7-24(22)34-3)30-25-13-12-21(17-29-25)27(33)28-15-14-26(31)32/h4-13,17-18,23H,14-16H2,1-3H3,(H,28,33)(H,29,30)(H,31,32). The van der Waals surface area contributed by atoms with E-state index >= 15 is 0 Å². The van der Waals surface area contributed by atoms with Crippen molar-refractivity contribution in [2.45, 2.75) is 32.7 Å². The van der Waals surface area contributed by atoms with E-state index < -0.39 is 5.97 Å². The molecule has 0 aliphatic rings. The lowest BCUT2D eigenvalue weighted by atomic mass is 9.95. The number of ether oxygens (including phenoxy) is 1. The number of amides is 1. The Morgan fingerprint density at radius 3 is 2.38 bits per heavy atom. The Balaban J connectivity index is 1.72. The van der Waals surface area contributed by atoms with Crippen LogP contribution in [0.2, 0.25) is 0 Å². The second-order valence-corrected chi connectivity index (χ2v) is 8.48. The van der Waals surface area contributed by atoms with E-state index in [1.165, 1.54) is 6.20 Å². The quantitative estimate of drug-likeness (QED) is 0.365. The molecule has 0 aliphatic carbocycles. The molecule has 7 heteroatoms. The smallest absolute Gasteiger partial charge is 0.305 e. The van der Waals surface area contributed by atoms with Crippen molar-refractivity contribution in [3.8, 4) is 16.9 Å². The number of carbonyl (C=O) groups excluding carboxylic acids is 1. The summed E-state index contributed by atoms with van der Waals surface area (Å²) in [6, 6.07) is 19.9. The summed E-state index contributed by atoms with van der Waals surface area (Å²) in [5.74, 6) is 0.673. The van der Waals surface area contributed by atoms with Gasteiger partial charge in [0, 0.05) is 18.3 Å². The summed E-state index contributed by atoms with van der Waals surface area (Å²) in [6.45, 7) is 4.43. The van der Waals surface area contributed by atoms with Gasteiger partial charge in [0.05, 0.1) is 25.1 Å². The van der Waals surface area contributed by atoms with Gasteiger partial charge in [-0.15, -0.1) is 0 Å². The molecule has 0 saturated carbocycles. The van der Waals surface area contributed by atoms with Crippen LogP contribution in [-0.4, -0.2) is 35.6 Å². The molecule has 1 amide bonds. The number of aliphatic carboxylic acids is 1. The topological polar surface area (TPSA) is 101 Å². The Morgan fingerprint density at radius 1 is 1.03 bits per heavy atom. The number of carbonyl (C=O) groups is 2. The Morgan fingerprint density at radius 2 is 1.76 bits per heavy atom. The van der Waals surface area contributed by atoms with Crippen LogP contribution in [0.1, 0.15) is 48.7 Å². The second kappa shape index (κ2) is 11.8. The zero-order chi connectivity index (χ0) is 24.5. The summed E-state index contributed by atoms with van der Waals surface area (Å²) < 4.78 is 5.49. The molecule has 1 heterocycles. The number of hydrogen-bond acceptors (Lipinski definition) is 5. The predicted octanol–water partition coefficient (Wildman–Crippen LogP) is 5.16. The highest BCUT2D eigenvalue weighted by Gasteiger charge is 2.15. The van der Waals surface area contributed by atoms with Crippen LogP contribution in [0.4, 0.5) is 5.82 Å². The van der Waals surface area contributed by atoms with Crippen LogP contribution in [0, 0.1) is 5.92 Å². The first-order chi connectivity index (χ1) is 16.4. The van der Waals surface area contributed by atoms with Gasteiger partial charge in [-0.05, 0) is 41.7 Å². The minimum atomic E-state index is -0.954. The average Bonchev–Trinajstić information content (AvgIpc) is 2.83. The zero-order valence-electron chi connectivity index (χ0n) is 19.7. The van der Waals surface area contributed by atoms with Gasteiger partial charge in [-0.3, -0.25) is 9.59 Å². The molecular formula is C27H31N3O4. The number of carboxylic acids is 1. The lowest BCUT2D eigenvalue weighted by Gasteiger charge is -2.22. The first-order valence-corrected chi connectivity index (χ1v) is 11.3. The molecule has 0 saturated heterocycles. The lowest BCUT2D eigenvalue weighted by molar-refractivity contribution is -0.136. The van der Waals surface area contributed by atoms with Crippen molar-refractivity contribution in [1.29, 1.82) is 0 Å². The molecule has 3 N–H and O–H groups in total. The minimum absolute atomic E-state index is 0.0504. The molecule has 1 unspecified atom stereocenters. The van der Waals surface area contributed by atoms with E-state index in [1.54, 1.807) is 19.2 Å². The summed E-state index contributed by atoms with van der Waals surface area (Å²) in [5.41, 5.74) is 3.66. The first-order valence-electron chi connectivity index (χ1n) is 11.3. The molecule has 3 aromatic rings. The number of rotatable bonds is 11. The monoisotopic (exact) mass is 461 g/mol. The summed E-state index contributed by atoms with van der Waals surface area (Å²) >= 11 is 0. The van der Waals surface area contributed by atoms with Crippen molar-refractivity contribution in [1.82, 2.24) is 10.3 Å². The van der Waals surface area contributed by atoms with Gasteiger partial charge in [-0.2, -0.15) is 0 Å². The Bertz CT molecular complexity index is 1100. The average molecular weight is 462 g/mol. The number of pyridine rings is 1. The SMILES string of the molecule is COc1ccccc1-c1ccc(C(CC(C)C)Nc2ccc(C(=O)NCCC(=O)O)cn2)cc1. The van der Waals surface area contributed by atoms with Crippen LogP contribution in [0.15, 0.2) is 66.9 Å². The maximum atomic E-state index is 12.1. The van der Waals surface area contributed by atoms with E-state index in [1.807, 2.05) is 24.3 Å². The number of nitrogens with zero attached hydrogens (tertiary/aromatic N) is 1. The fourth-order valence-electron chi connectivity index (χ4n) is 3.70. The highest BCUT2D eigenvalue weighted by Crippen LogP contribution is 2.32. The number of hydrogen-bond donors (Lipinski definition) is 3. The van der Waals surface area contributed by atoms with Gasteiger partial charge < -0.3 is 20.5 Å². The number of benzene rings is 2. The highest BCUT2D eigenvalue weighted by molar-refractivity contribution is 5.94. The number of carboxylic acid groups (broad SMARTS) is 1. The summed E-state index contributed by atoms with van der Waals surface area (Å²) in [5, 5.41) is 14.8. The van der Waals surface area contributed by atoms with Crippen molar-refractivity contribution >= 4 is 17.7 Å². The van der Waals surface area contributed by atoms with Crippen LogP contribution >= 0.6 is 0 Å². The molecule has 2 aromatic carbocycles. The van der Waals surface area contributed by atoms with Crippen molar-refractivity contribution < 1.29 is 19.4 Å². The van der Waals surface area contributed by atoms with E-state index in [0.717, 1.165) is 28.9 Å². The Hall–Kier alpha value is -3.87. The molecule has 0 aliphatic heterocycles. The van der Waals surface area contributed by atoms with E-state index in [4.69, 9.17) is 9.84 Å². The molecule has 1 aromatic heterocycles. The Labute approximate surface area is 200 Å². The molecule has 0 fully saturated rings. The largest absolute Gasteiger partial charge is 0.496 e. The summed E-state index contributed by atoms with van der Waals surface area (Å²) in [7, 11) is 1.67. The van der Waals surface area contributed by atoms with E-state index in [-0.39, 0.29) is 24.9 Å². The van der Waals surface area contributed by atoms with Gasteiger partial charge in [0.15, 0.2) is 0 Å². The molecule has 7 nitrogen and oxygen atoms in total. The zero-order valence-corrected chi connectivity index (χ0v) is 19.7. The molecule has 34 heavy (non-hydrogen) atoms. The third-order valence-corrected chi connectivity index (χ3v) is 5.41. The van der Waals surface area contributed by atoms with Crippen LogP contribution in [0.3, 0.4) is 0 Å². The summed E-state index contributed by atoms with van der Waals surface area (Å²) in [6.07, 6.45) is 2.29. The lowest BCUT2D eigenvalue weighted by Crippen LogP contribution is -2.26. The third kappa shape index (κ3) is 6.81. The number of aromatic nitrogens is 1. The molecule has 0 spiro atoms. The van der Waals surface area contributed by atoms with Crippen molar-refractivity contribution in [3.63, 3.8) is 0 Å². The number of methoxy groups -OCH3 is 1. The van der Waals surface area contributed by atoms with Gasteiger partial charge in [0.25, 0.3) is 5.91 Å². The normalized spacial score (nSPS) is 11.6. The molecular weight excluding hydrogens is 430 g/mol. The van der Waals surface area contributed by atoms with E-state index in [9.17, 15) is 9.59 Å². The van der Waals surface area contributed by atoms with Gasteiger partial charge in [0.1, 0.15) is 11.6 Å². The molecule has 3 rings (SSSR count). The van der Waals surface area contributed by atoms with Gasteiger partial charge >= 0.3 is 5.97 Å². The van der Waals surface area contributed by atoms with Crippen LogP contribution in [0.5, 0.6) is 5.75 Å². The number of nitrogens with one attached hydrogen (secondary N) is 2. The Kier molecular flexibility index (Phi) is 8.62. The number of para-hydroxylation sites is 1. The predicted molar refractivity (Wildman–Crippen MR) is 133 cm³/mol. The second-order valence-electron chi connectivity index (χ2n) is 8.48. The van der Waals surface area contributed by atoms with Gasteiger partial charge in [-0.1, -0.05) is 56.3 Å². The first kappa shape index (κ1) is 24.8. The van der Waals surface area contributed by atoms with Crippen LogP contribution in [-0.2, 0) is 4.79 Å². The van der Waals surface area contributed by atoms with Gasteiger partial charge in [0.2, 0.25) is 0 Å². The van der Waals surface area contributed by atoms with E-state index in [2.05, 4.69) is 53.7 Å². The van der Waals surface area contributed by atoms with Crippen molar-refractivity contribution in [2.24, 2.45) is 5.92 Å². The maximum Gasteiger partial charge on any atom is 0.305 e. The molecule has 0 bridgehead atoms. The third-order valence-electron chi connectivity index (χ3n) is 5.41. The number of anilines is 1. The fourth-order valence-corrected chi connectivity index (χ4v) is 3.70. The minimum Gasteiger partial charge on any atom is -0.496 e. The molecule has 1 atom stereocenters.